The SMILES string of the molecule is CN=C(NC)NCCc1nc(C(C)C)no1.I. The lowest BCUT2D eigenvalue weighted by Gasteiger charge is -2.05. The molecule has 17 heavy (non-hydrogen) atoms. The monoisotopic (exact) mass is 353 g/mol. The summed E-state index contributed by atoms with van der Waals surface area (Å²) in [5, 5.41) is 9.94. The van der Waals surface area contributed by atoms with Crippen molar-refractivity contribution in [2.45, 2.75) is 26.2 Å². The Morgan fingerprint density at radius 3 is 2.65 bits per heavy atom. The van der Waals surface area contributed by atoms with Crippen LogP contribution in [0.25, 0.3) is 0 Å². The molecular formula is C10H20IN5O. The van der Waals surface area contributed by atoms with Crippen LogP contribution in [0, 0.1) is 0 Å². The molecule has 1 heterocycles. The number of nitrogens with one attached hydrogen (secondary N) is 2. The van der Waals surface area contributed by atoms with Gasteiger partial charge in [0.15, 0.2) is 11.8 Å². The standard InChI is InChI=1S/C10H19N5O.HI/c1-7(2)9-14-8(16-15-9)5-6-13-10(11-3)12-4;/h7H,5-6H2,1-4H3,(H2,11,12,13);1H. The maximum atomic E-state index is 5.11. The van der Waals surface area contributed by atoms with Crippen molar-refractivity contribution >= 4 is 29.9 Å². The van der Waals surface area contributed by atoms with E-state index < -0.39 is 0 Å². The highest BCUT2D eigenvalue weighted by atomic mass is 127. The second-order valence-electron chi connectivity index (χ2n) is 3.70. The molecule has 0 saturated heterocycles. The first-order chi connectivity index (χ1) is 7.67. The van der Waals surface area contributed by atoms with Gasteiger partial charge in [-0.05, 0) is 0 Å². The molecule has 1 aromatic heterocycles. The van der Waals surface area contributed by atoms with Crippen LogP contribution in [-0.2, 0) is 6.42 Å². The minimum atomic E-state index is 0. The Hall–Kier alpha value is -0.860. The van der Waals surface area contributed by atoms with Crippen molar-refractivity contribution in [3.05, 3.63) is 11.7 Å². The van der Waals surface area contributed by atoms with E-state index >= 15 is 0 Å². The Morgan fingerprint density at radius 1 is 1.47 bits per heavy atom. The van der Waals surface area contributed by atoms with E-state index in [1.54, 1.807) is 7.05 Å². The molecule has 0 aromatic carbocycles. The summed E-state index contributed by atoms with van der Waals surface area (Å²) in [7, 11) is 3.54. The molecule has 0 spiro atoms. The van der Waals surface area contributed by atoms with Crippen LogP contribution in [0.15, 0.2) is 9.52 Å². The van der Waals surface area contributed by atoms with E-state index in [-0.39, 0.29) is 24.0 Å². The van der Waals surface area contributed by atoms with Crippen LogP contribution in [0.4, 0.5) is 0 Å². The van der Waals surface area contributed by atoms with Gasteiger partial charge in [-0.2, -0.15) is 4.98 Å². The number of hydrogen-bond donors (Lipinski definition) is 2. The highest BCUT2D eigenvalue weighted by Gasteiger charge is 2.08. The number of rotatable bonds is 4. The third-order valence-corrected chi connectivity index (χ3v) is 2.09. The van der Waals surface area contributed by atoms with Gasteiger partial charge in [0, 0.05) is 33.0 Å². The first kappa shape index (κ1) is 16.1. The molecule has 0 aliphatic rings. The van der Waals surface area contributed by atoms with Crippen molar-refractivity contribution in [3.63, 3.8) is 0 Å². The maximum absolute atomic E-state index is 5.11. The minimum Gasteiger partial charge on any atom is -0.359 e. The minimum absolute atomic E-state index is 0. The van der Waals surface area contributed by atoms with Crippen LogP contribution < -0.4 is 10.6 Å². The molecule has 0 amide bonds. The van der Waals surface area contributed by atoms with Crippen LogP contribution >= 0.6 is 24.0 Å². The molecule has 98 valence electrons. The van der Waals surface area contributed by atoms with E-state index in [0.717, 1.165) is 11.8 Å². The maximum Gasteiger partial charge on any atom is 0.228 e. The quantitative estimate of drug-likeness (QED) is 0.483. The average Bonchev–Trinajstić information content (AvgIpc) is 2.73. The van der Waals surface area contributed by atoms with Gasteiger partial charge in [0.05, 0.1) is 0 Å². The van der Waals surface area contributed by atoms with Gasteiger partial charge in [0.1, 0.15) is 0 Å². The molecule has 1 aromatic rings. The van der Waals surface area contributed by atoms with Gasteiger partial charge in [-0.15, -0.1) is 24.0 Å². The fourth-order valence-corrected chi connectivity index (χ4v) is 1.17. The molecule has 0 aliphatic heterocycles. The Labute approximate surface area is 119 Å². The first-order valence-electron chi connectivity index (χ1n) is 5.38. The van der Waals surface area contributed by atoms with E-state index in [1.807, 2.05) is 20.9 Å². The normalized spacial score (nSPS) is 11.2. The highest BCUT2D eigenvalue weighted by Crippen LogP contribution is 2.09. The largest absolute Gasteiger partial charge is 0.359 e. The zero-order chi connectivity index (χ0) is 12.0. The van der Waals surface area contributed by atoms with Crippen molar-refractivity contribution in [1.29, 1.82) is 0 Å². The van der Waals surface area contributed by atoms with Gasteiger partial charge in [0.2, 0.25) is 5.89 Å². The third kappa shape index (κ3) is 5.33. The summed E-state index contributed by atoms with van der Waals surface area (Å²) >= 11 is 0. The van der Waals surface area contributed by atoms with E-state index in [4.69, 9.17) is 4.52 Å². The van der Waals surface area contributed by atoms with Crippen LogP contribution in [0.1, 0.15) is 31.5 Å². The molecule has 0 saturated carbocycles. The summed E-state index contributed by atoms with van der Waals surface area (Å²) in [6, 6.07) is 0. The predicted octanol–water partition coefficient (Wildman–Crippen LogP) is 1.15. The summed E-state index contributed by atoms with van der Waals surface area (Å²) in [6.45, 7) is 4.79. The van der Waals surface area contributed by atoms with E-state index in [0.29, 0.717) is 24.8 Å². The summed E-state index contributed by atoms with van der Waals surface area (Å²) < 4.78 is 5.11. The molecular weight excluding hydrogens is 333 g/mol. The molecule has 0 atom stereocenters. The molecule has 0 bridgehead atoms. The van der Waals surface area contributed by atoms with Crippen molar-refractivity contribution in [1.82, 2.24) is 20.8 Å². The first-order valence-corrected chi connectivity index (χ1v) is 5.38. The fraction of sp³-hybridized carbons (Fsp3) is 0.700. The molecule has 0 fully saturated rings. The second-order valence-corrected chi connectivity index (χ2v) is 3.70. The van der Waals surface area contributed by atoms with Crippen molar-refractivity contribution in [2.24, 2.45) is 4.99 Å². The smallest absolute Gasteiger partial charge is 0.228 e. The second kappa shape index (κ2) is 8.26. The van der Waals surface area contributed by atoms with Crippen molar-refractivity contribution in [3.8, 4) is 0 Å². The van der Waals surface area contributed by atoms with Crippen LogP contribution in [-0.4, -0.2) is 36.7 Å². The number of nitrogens with zero attached hydrogens (tertiary/aromatic N) is 3. The third-order valence-electron chi connectivity index (χ3n) is 2.09. The zero-order valence-corrected chi connectivity index (χ0v) is 13.0. The van der Waals surface area contributed by atoms with Gasteiger partial charge >= 0.3 is 0 Å². The summed E-state index contributed by atoms with van der Waals surface area (Å²) in [6.07, 6.45) is 0.695. The molecule has 2 N–H and O–H groups in total. The molecule has 0 radical (unpaired) electrons. The fourth-order valence-electron chi connectivity index (χ4n) is 1.17. The lowest BCUT2D eigenvalue weighted by molar-refractivity contribution is 0.371. The summed E-state index contributed by atoms with van der Waals surface area (Å²) in [5.41, 5.74) is 0. The van der Waals surface area contributed by atoms with Crippen LogP contribution in [0.3, 0.4) is 0 Å². The number of aromatic nitrogens is 2. The van der Waals surface area contributed by atoms with Gasteiger partial charge < -0.3 is 15.2 Å². The Morgan fingerprint density at radius 2 is 2.18 bits per heavy atom. The van der Waals surface area contributed by atoms with Crippen molar-refractivity contribution < 1.29 is 4.52 Å². The van der Waals surface area contributed by atoms with Gasteiger partial charge in [-0.3, -0.25) is 4.99 Å². The van der Waals surface area contributed by atoms with Gasteiger partial charge in [-0.1, -0.05) is 19.0 Å². The van der Waals surface area contributed by atoms with E-state index in [1.165, 1.54) is 0 Å². The Bertz CT molecular complexity index is 350. The Balaban J connectivity index is 0.00000256. The molecule has 0 unspecified atom stereocenters. The molecule has 7 heteroatoms. The lowest BCUT2D eigenvalue weighted by atomic mass is 10.2. The lowest BCUT2D eigenvalue weighted by Crippen LogP contribution is -2.35. The van der Waals surface area contributed by atoms with Gasteiger partial charge in [0.25, 0.3) is 0 Å². The molecule has 6 nitrogen and oxygen atoms in total. The van der Waals surface area contributed by atoms with E-state index in [9.17, 15) is 0 Å². The van der Waals surface area contributed by atoms with Crippen molar-refractivity contribution in [2.75, 3.05) is 20.6 Å². The zero-order valence-electron chi connectivity index (χ0n) is 10.6. The predicted molar refractivity (Wildman–Crippen MR) is 77.9 cm³/mol. The molecule has 1 rings (SSSR count). The number of halogens is 1. The topological polar surface area (TPSA) is 75.3 Å². The summed E-state index contributed by atoms with van der Waals surface area (Å²) in [4.78, 5) is 8.28. The summed E-state index contributed by atoms with van der Waals surface area (Å²) in [5.74, 6) is 2.47. The highest BCUT2D eigenvalue weighted by molar-refractivity contribution is 14.0. The number of hydrogen-bond acceptors (Lipinski definition) is 4. The number of guanidine groups is 1. The van der Waals surface area contributed by atoms with E-state index in [2.05, 4.69) is 25.8 Å². The van der Waals surface area contributed by atoms with Gasteiger partial charge in [-0.25, -0.2) is 0 Å². The Kier molecular flexibility index (Phi) is 7.85. The number of aliphatic imine (C=N–C) groups is 1. The average molecular weight is 353 g/mol. The molecule has 0 aliphatic carbocycles. The van der Waals surface area contributed by atoms with Crippen LogP contribution in [0.5, 0.6) is 0 Å². The van der Waals surface area contributed by atoms with Crippen LogP contribution in [0.2, 0.25) is 0 Å².